The van der Waals surface area contributed by atoms with Crippen LogP contribution in [0, 0.1) is 11.8 Å². The van der Waals surface area contributed by atoms with E-state index in [1.54, 1.807) is 24.5 Å². The Morgan fingerprint density at radius 3 is 2.68 bits per heavy atom. The van der Waals surface area contributed by atoms with Gasteiger partial charge in [0.25, 0.3) is 5.91 Å². The molecule has 0 bridgehead atoms. The lowest BCUT2D eigenvalue weighted by molar-refractivity contribution is 0.0748. The van der Waals surface area contributed by atoms with Crippen molar-refractivity contribution >= 4 is 5.91 Å². The van der Waals surface area contributed by atoms with Crippen LogP contribution in [-0.2, 0) is 0 Å². The van der Waals surface area contributed by atoms with Crippen molar-refractivity contribution in [3.8, 4) is 11.5 Å². The summed E-state index contributed by atoms with van der Waals surface area (Å²) < 4.78 is 10.5. The zero-order valence-corrected chi connectivity index (χ0v) is 12.3. The standard InChI is InChI=1S/C16H19N3O3/c20-16(13-8-15(22-18-13)14-2-1-7-21-14)19-5-3-11-9-17-10-12(11)4-6-19/h1-2,7-8,11-12,17H,3-6,9-10H2/t11-,12+. The number of carbonyl (C=O) groups is 1. The molecule has 2 aromatic rings. The van der Waals surface area contributed by atoms with E-state index in [1.165, 1.54) is 0 Å². The maximum atomic E-state index is 12.6. The van der Waals surface area contributed by atoms with E-state index in [0.717, 1.165) is 39.0 Å². The Morgan fingerprint density at radius 2 is 2.00 bits per heavy atom. The summed E-state index contributed by atoms with van der Waals surface area (Å²) in [4.78, 5) is 14.5. The molecule has 2 aliphatic rings. The average Bonchev–Trinajstić information content (AvgIpc) is 3.26. The molecule has 4 heterocycles. The first-order valence-electron chi connectivity index (χ1n) is 7.82. The van der Waals surface area contributed by atoms with Gasteiger partial charge in [-0.3, -0.25) is 4.79 Å². The van der Waals surface area contributed by atoms with Crippen molar-refractivity contribution in [2.45, 2.75) is 12.8 Å². The van der Waals surface area contributed by atoms with Crippen molar-refractivity contribution in [2.75, 3.05) is 26.2 Å². The molecule has 4 rings (SSSR count). The number of amides is 1. The highest BCUT2D eigenvalue weighted by molar-refractivity contribution is 5.93. The first-order chi connectivity index (χ1) is 10.8. The van der Waals surface area contributed by atoms with Gasteiger partial charge in [-0.05, 0) is 49.9 Å². The largest absolute Gasteiger partial charge is 0.461 e. The first-order valence-corrected chi connectivity index (χ1v) is 7.82. The maximum Gasteiger partial charge on any atom is 0.276 e. The minimum Gasteiger partial charge on any atom is -0.461 e. The third-order valence-corrected chi connectivity index (χ3v) is 4.80. The van der Waals surface area contributed by atoms with Crippen LogP contribution in [0.15, 0.2) is 33.4 Å². The molecule has 2 aliphatic heterocycles. The van der Waals surface area contributed by atoms with Crippen molar-refractivity contribution < 1.29 is 13.7 Å². The van der Waals surface area contributed by atoms with Gasteiger partial charge in [0.2, 0.25) is 5.76 Å². The number of fused-ring (bicyclic) bond motifs is 1. The van der Waals surface area contributed by atoms with Gasteiger partial charge < -0.3 is 19.2 Å². The summed E-state index contributed by atoms with van der Waals surface area (Å²) in [5, 5.41) is 7.36. The summed E-state index contributed by atoms with van der Waals surface area (Å²) >= 11 is 0. The van der Waals surface area contributed by atoms with Crippen molar-refractivity contribution in [3.05, 3.63) is 30.2 Å². The van der Waals surface area contributed by atoms with Crippen LogP contribution in [0.5, 0.6) is 0 Å². The van der Waals surface area contributed by atoms with E-state index in [0.29, 0.717) is 29.1 Å². The first kappa shape index (κ1) is 13.6. The fourth-order valence-corrected chi connectivity index (χ4v) is 3.49. The summed E-state index contributed by atoms with van der Waals surface area (Å²) in [5.74, 6) is 2.43. The molecule has 0 aromatic carbocycles. The molecule has 6 heteroatoms. The van der Waals surface area contributed by atoms with Crippen molar-refractivity contribution in [1.82, 2.24) is 15.4 Å². The number of likely N-dealkylation sites (tertiary alicyclic amines) is 1. The Hall–Kier alpha value is -2.08. The fraction of sp³-hybridized carbons (Fsp3) is 0.500. The van der Waals surface area contributed by atoms with Gasteiger partial charge in [-0.15, -0.1) is 0 Å². The minimum atomic E-state index is -0.0468. The van der Waals surface area contributed by atoms with Crippen molar-refractivity contribution in [1.29, 1.82) is 0 Å². The van der Waals surface area contributed by atoms with Gasteiger partial charge in [-0.2, -0.15) is 0 Å². The van der Waals surface area contributed by atoms with Crippen LogP contribution < -0.4 is 5.32 Å². The number of furan rings is 1. The smallest absolute Gasteiger partial charge is 0.276 e. The van der Waals surface area contributed by atoms with Crippen LogP contribution in [0.2, 0.25) is 0 Å². The molecular weight excluding hydrogens is 282 g/mol. The SMILES string of the molecule is O=C(c1cc(-c2ccco2)on1)N1CC[C@@H]2CNC[C@@H]2CC1. The second kappa shape index (κ2) is 5.61. The second-order valence-electron chi connectivity index (χ2n) is 6.10. The Morgan fingerprint density at radius 1 is 1.23 bits per heavy atom. The van der Waals surface area contributed by atoms with E-state index in [2.05, 4.69) is 10.5 Å². The second-order valence-corrected chi connectivity index (χ2v) is 6.10. The molecule has 116 valence electrons. The highest BCUT2D eigenvalue weighted by Crippen LogP contribution is 2.28. The quantitative estimate of drug-likeness (QED) is 0.918. The lowest BCUT2D eigenvalue weighted by Crippen LogP contribution is -2.32. The molecule has 1 amide bonds. The Labute approximate surface area is 128 Å². The van der Waals surface area contributed by atoms with Gasteiger partial charge in [-0.1, -0.05) is 5.16 Å². The molecule has 2 saturated heterocycles. The summed E-state index contributed by atoms with van der Waals surface area (Å²) in [6, 6.07) is 5.23. The third-order valence-electron chi connectivity index (χ3n) is 4.80. The molecule has 0 aliphatic carbocycles. The minimum absolute atomic E-state index is 0.0468. The Kier molecular flexibility index (Phi) is 3.46. The summed E-state index contributed by atoms with van der Waals surface area (Å²) in [7, 11) is 0. The van der Waals surface area contributed by atoms with Crippen molar-refractivity contribution in [3.63, 3.8) is 0 Å². The number of rotatable bonds is 2. The van der Waals surface area contributed by atoms with E-state index in [4.69, 9.17) is 8.94 Å². The number of carbonyl (C=O) groups excluding carboxylic acids is 1. The van der Waals surface area contributed by atoms with Crippen LogP contribution >= 0.6 is 0 Å². The van der Waals surface area contributed by atoms with E-state index < -0.39 is 0 Å². The van der Waals surface area contributed by atoms with Crippen LogP contribution in [0.4, 0.5) is 0 Å². The van der Waals surface area contributed by atoms with Gasteiger partial charge in [-0.25, -0.2) is 0 Å². The molecular formula is C16H19N3O3. The molecule has 0 saturated carbocycles. The van der Waals surface area contributed by atoms with E-state index in [9.17, 15) is 4.79 Å². The third kappa shape index (κ3) is 2.43. The fourth-order valence-electron chi connectivity index (χ4n) is 3.49. The number of hydrogen-bond acceptors (Lipinski definition) is 5. The topological polar surface area (TPSA) is 71.5 Å². The van der Waals surface area contributed by atoms with E-state index >= 15 is 0 Å². The maximum absolute atomic E-state index is 12.6. The highest BCUT2D eigenvalue weighted by atomic mass is 16.5. The number of nitrogens with zero attached hydrogens (tertiary/aromatic N) is 2. The van der Waals surface area contributed by atoms with Gasteiger partial charge in [0.05, 0.1) is 6.26 Å². The molecule has 0 unspecified atom stereocenters. The van der Waals surface area contributed by atoms with Gasteiger partial charge in [0, 0.05) is 19.2 Å². The van der Waals surface area contributed by atoms with E-state index in [-0.39, 0.29) is 5.91 Å². The number of aromatic nitrogens is 1. The van der Waals surface area contributed by atoms with Gasteiger partial charge in [0.15, 0.2) is 11.5 Å². The lowest BCUT2D eigenvalue weighted by Gasteiger charge is -2.19. The van der Waals surface area contributed by atoms with Crippen LogP contribution in [-0.4, -0.2) is 42.1 Å². The zero-order valence-electron chi connectivity index (χ0n) is 12.3. The van der Waals surface area contributed by atoms with Crippen LogP contribution in [0.1, 0.15) is 23.3 Å². The molecule has 1 N–H and O–H groups in total. The predicted octanol–water partition coefficient (Wildman–Crippen LogP) is 2.01. The molecule has 2 atom stereocenters. The molecule has 22 heavy (non-hydrogen) atoms. The molecule has 0 spiro atoms. The molecule has 2 fully saturated rings. The van der Waals surface area contributed by atoms with Crippen LogP contribution in [0.3, 0.4) is 0 Å². The Balaban J connectivity index is 1.47. The normalized spacial score (nSPS) is 25.0. The monoisotopic (exact) mass is 301 g/mol. The highest BCUT2D eigenvalue weighted by Gasteiger charge is 2.32. The molecule has 2 aromatic heterocycles. The molecule has 0 radical (unpaired) electrons. The van der Waals surface area contributed by atoms with Gasteiger partial charge >= 0.3 is 0 Å². The van der Waals surface area contributed by atoms with Crippen molar-refractivity contribution in [2.24, 2.45) is 11.8 Å². The van der Waals surface area contributed by atoms with Crippen LogP contribution in [0.25, 0.3) is 11.5 Å². The Bertz CT molecular complexity index is 635. The summed E-state index contributed by atoms with van der Waals surface area (Å²) in [6.07, 6.45) is 3.69. The summed E-state index contributed by atoms with van der Waals surface area (Å²) in [6.45, 7) is 3.76. The van der Waals surface area contributed by atoms with E-state index in [1.807, 2.05) is 4.90 Å². The predicted molar refractivity (Wildman–Crippen MR) is 79.2 cm³/mol. The molecule has 6 nitrogen and oxygen atoms in total. The number of nitrogens with one attached hydrogen (secondary N) is 1. The number of hydrogen-bond donors (Lipinski definition) is 1. The zero-order chi connectivity index (χ0) is 14.9. The van der Waals surface area contributed by atoms with Gasteiger partial charge in [0.1, 0.15) is 0 Å². The lowest BCUT2D eigenvalue weighted by atomic mass is 9.92. The summed E-state index contributed by atoms with van der Waals surface area (Å²) in [5.41, 5.74) is 0.358. The average molecular weight is 301 g/mol.